The van der Waals surface area contributed by atoms with Gasteiger partial charge in [-0.3, -0.25) is 0 Å². The van der Waals surface area contributed by atoms with Crippen molar-refractivity contribution in [3.05, 3.63) is 64.3 Å². The van der Waals surface area contributed by atoms with Crippen LogP contribution in [-0.4, -0.2) is 28.2 Å². The number of carboxylic acid groups (broad SMARTS) is 1. The van der Waals surface area contributed by atoms with E-state index in [0.717, 1.165) is 11.3 Å². The molecule has 1 aromatic heterocycles. The average molecular weight is 399 g/mol. The molecule has 0 saturated carbocycles. The Kier molecular flexibility index (Phi) is 5.65. The normalized spacial score (nSPS) is 10.4. The molecule has 0 radical (unpaired) electrons. The van der Waals surface area contributed by atoms with E-state index < -0.39 is 5.97 Å². The number of anilines is 4. The van der Waals surface area contributed by atoms with Gasteiger partial charge in [-0.05, 0) is 49.7 Å². The lowest BCUT2D eigenvalue weighted by Gasteiger charge is -2.14. The zero-order chi connectivity index (χ0) is 20.3. The van der Waals surface area contributed by atoms with E-state index in [2.05, 4.69) is 20.6 Å². The fourth-order valence-electron chi connectivity index (χ4n) is 2.58. The Morgan fingerprint density at radius 1 is 1.07 bits per heavy atom. The lowest BCUT2D eigenvalue weighted by atomic mass is 10.2. The van der Waals surface area contributed by atoms with E-state index in [-0.39, 0.29) is 5.56 Å². The van der Waals surface area contributed by atoms with E-state index >= 15 is 0 Å². The van der Waals surface area contributed by atoms with Gasteiger partial charge in [0, 0.05) is 28.5 Å². The third-order valence-corrected chi connectivity index (χ3v) is 4.39. The van der Waals surface area contributed by atoms with Crippen LogP contribution < -0.4 is 15.4 Å². The summed E-state index contributed by atoms with van der Waals surface area (Å²) >= 11 is 6.15. The zero-order valence-corrected chi connectivity index (χ0v) is 16.3. The van der Waals surface area contributed by atoms with Crippen molar-refractivity contribution in [2.75, 3.05) is 17.7 Å². The molecule has 3 aromatic rings. The lowest BCUT2D eigenvalue weighted by Crippen LogP contribution is -2.04. The van der Waals surface area contributed by atoms with Crippen molar-refractivity contribution in [2.24, 2.45) is 0 Å². The highest BCUT2D eigenvalue weighted by molar-refractivity contribution is 6.31. The maximum absolute atomic E-state index is 11.0. The average Bonchev–Trinajstić information content (AvgIpc) is 2.64. The van der Waals surface area contributed by atoms with Gasteiger partial charge in [-0.1, -0.05) is 11.6 Å². The smallest absolute Gasteiger partial charge is 0.335 e. The summed E-state index contributed by atoms with van der Waals surface area (Å²) in [6, 6.07) is 11.8. The molecule has 0 aliphatic heterocycles. The molecule has 0 saturated heterocycles. The van der Waals surface area contributed by atoms with Crippen LogP contribution in [0.3, 0.4) is 0 Å². The number of aromatic carboxylic acids is 1. The predicted octanol–water partition coefficient (Wildman–Crippen LogP) is 4.94. The first kappa shape index (κ1) is 19.4. The van der Waals surface area contributed by atoms with Gasteiger partial charge in [-0.2, -0.15) is 4.98 Å². The number of methoxy groups -OCH3 is 1. The number of halogens is 1. The second-order valence-electron chi connectivity index (χ2n) is 6.15. The number of carboxylic acids is 1. The molecule has 8 heteroatoms. The Morgan fingerprint density at radius 2 is 1.79 bits per heavy atom. The number of ether oxygens (including phenoxy) is 1. The maximum atomic E-state index is 11.0. The van der Waals surface area contributed by atoms with Crippen molar-refractivity contribution in [1.82, 2.24) is 9.97 Å². The number of hydrogen-bond acceptors (Lipinski definition) is 6. The Labute approximate surface area is 167 Å². The summed E-state index contributed by atoms with van der Waals surface area (Å²) < 4.78 is 5.37. The van der Waals surface area contributed by atoms with Gasteiger partial charge in [0.2, 0.25) is 5.95 Å². The van der Waals surface area contributed by atoms with Crippen LogP contribution in [0.25, 0.3) is 0 Å². The minimum absolute atomic E-state index is 0.219. The number of rotatable bonds is 6. The molecular formula is C20H19ClN4O3. The van der Waals surface area contributed by atoms with E-state index in [9.17, 15) is 4.79 Å². The number of aromatic nitrogens is 2. The van der Waals surface area contributed by atoms with Crippen molar-refractivity contribution in [3.8, 4) is 5.75 Å². The summed E-state index contributed by atoms with van der Waals surface area (Å²) in [7, 11) is 1.57. The highest BCUT2D eigenvalue weighted by Crippen LogP contribution is 2.32. The maximum Gasteiger partial charge on any atom is 0.335 e. The molecule has 0 aliphatic carbocycles. The summed E-state index contributed by atoms with van der Waals surface area (Å²) in [5.74, 6) is 0.579. The largest absolute Gasteiger partial charge is 0.495 e. The van der Waals surface area contributed by atoms with E-state index in [1.165, 1.54) is 12.1 Å². The molecule has 0 atom stereocenters. The molecule has 1 heterocycles. The highest BCUT2D eigenvalue weighted by atomic mass is 35.5. The van der Waals surface area contributed by atoms with Crippen molar-refractivity contribution in [3.63, 3.8) is 0 Å². The molecule has 144 valence electrons. The SMILES string of the molecule is COc1cc(Cl)c(C)cc1Nc1nc(C)cc(Nc2ccc(C(=O)O)cc2)n1. The van der Waals surface area contributed by atoms with Crippen LogP contribution >= 0.6 is 11.6 Å². The Hall–Kier alpha value is -3.32. The zero-order valence-electron chi connectivity index (χ0n) is 15.6. The molecule has 0 aliphatic rings. The molecule has 28 heavy (non-hydrogen) atoms. The molecule has 0 amide bonds. The molecule has 3 N–H and O–H groups in total. The van der Waals surface area contributed by atoms with E-state index in [1.54, 1.807) is 31.4 Å². The van der Waals surface area contributed by atoms with Gasteiger partial charge in [-0.25, -0.2) is 9.78 Å². The van der Waals surface area contributed by atoms with E-state index in [0.29, 0.717) is 33.9 Å². The Morgan fingerprint density at radius 3 is 2.43 bits per heavy atom. The number of nitrogens with zero attached hydrogens (tertiary/aromatic N) is 2. The first-order valence-corrected chi connectivity index (χ1v) is 8.80. The predicted molar refractivity (Wildman–Crippen MR) is 109 cm³/mol. The Balaban J connectivity index is 1.86. The van der Waals surface area contributed by atoms with Crippen molar-refractivity contribution in [2.45, 2.75) is 13.8 Å². The minimum atomic E-state index is -0.969. The summed E-state index contributed by atoms with van der Waals surface area (Å²) in [6.45, 7) is 3.76. The van der Waals surface area contributed by atoms with Gasteiger partial charge < -0.3 is 20.5 Å². The molecule has 2 aromatic carbocycles. The lowest BCUT2D eigenvalue weighted by molar-refractivity contribution is 0.0697. The second kappa shape index (κ2) is 8.14. The first-order chi connectivity index (χ1) is 13.4. The van der Waals surface area contributed by atoms with Crippen LogP contribution in [0.15, 0.2) is 42.5 Å². The van der Waals surface area contributed by atoms with E-state index in [4.69, 9.17) is 21.4 Å². The van der Waals surface area contributed by atoms with Crippen LogP contribution in [0.5, 0.6) is 5.75 Å². The van der Waals surface area contributed by atoms with Gasteiger partial charge in [0.05, 0.1) is 18.4 Å². The van der Waals surface area contributed by atoms with Crippen LogP contribution in [0, 0.1) is 13.8 Å². The van der Waals surface area contributed by atoms with Gasteiger partial charge in [0.1, 0.15) is 11.6 Å². The molecule has 0 fully saturated rings. The van der Waals surface area contributed by atoms with Crippen LogP contribution in [0.4, 0.5) is 23.1 Å². The fraction of sp³-hybridized carbons (Fsp3) is 0.150. The van der Waals surface area contributed by atoms with Crippen molar-refractivity contribution in [1.29, 1.82) is 0 Å². The molecule has 0 unspecified atom stereocenters. The summed E-state index contributed by atoms with van der Waals surface area (Å²) in [4.78, 5) is 19.8. The Bertz CT molecular complexity index is 1020. The molecule has 3 rings (SSSR count). The number of carbonyl (C=O) groups is 1. The van der Waals surface area contributed by atoms with Crippen LogP contribution in [0.2, 0.25) is 5.02 Å². The number of nitrogens with one attached hydrogen (secondary N) is 2. The monoisotopic (exact) mass is 398 g/mol. The van der Waals surface area contributed by atoms with Gasteiger partial charge in [0.25, 0.3) is 0 Å². The van der Waals surface area contributed by atoms with Crippen molar-refractivity contribution >= 4 is 40.7 Å². The molecule has 0 spiro atoms. The van der Waals surface area contributed by atoms with Gasteiger partial charge in [-0.15, -0.1) is 0 Å². The fourth-order valence-corrected chi connectivity index (χ4v) is 2.74. The van der Waals surface area contributed by atoms with Crippen LogP contribution in [0.1, 0.15) is 21.6 Å². The quantitative estimate of drug-likeness (QED) is 0.541. The first-order valence-electron chi connectivity index (χ1n) is 8.43. The van der Waals surface area contributed by atoms with Crippen molar-refractivity contribution < 1.29 is 14.6 Å². The third-order valence-electron chi connectivity index (χ3n) is 3.99. The highest BCUT2D eigenvalue weighted by Gasteiger charge is 2.10. The molecule has 0 bridgehead atoms. The third kappa shape index (κ3) is 4.50. The minimum Gasteiger partial charge on any atom is -0.495 e. The van der Waals surface area contributed by atoms with Gasteiger partial charge >= 0.3 is 5.97 Å². The molecule has 7 nitrogen and oxygen atoms in total. The summed E-state index contributed by atoms with van der Waals surface area (Å²) in [6.07, 6.45) is 0. The summed E-state index contributed by atoms with van der Waals surface area (Å²) in [5.41, 5.74) is 3.29. The standard InChI is InChI=1S/C20H19ClN4O3/c1-11-8-16(17(28-3)10-15(11)21)24-20-22-12(2)9-18(25-20)23-14-6-4-13(5-7-14)19(26)27/h4-10H,1-3H3,(H,26,27)(H2,22,23,24,25). The number of aryl methyl sites for hydroxylation is 2. The second-order valence-corrected chi connectivity index (χ2v) is 6.56. The topological polar surface area (TPSA) is 96.4 Å². The molecular weight excluding hydrogens is 380 g/mol. The number of benzene rings is 2. The van der Waals surface area contributed by atoms with E-state index in [1.807, 2.05) is 19.9 Å². The summed E-state index contributed by atoms with van der Waals surface area (Å²) in [5, 5.41) is 15.9. The van der Waals surface area contributed by atoms with Gasteiger partial charge in [0.15, 0.2) is 0 Å². The van der Waals surface area contributed by atoms with Crippen LogP contribution in [-0.2, 0) is 0 Å². The number of hydrogen-bond donors (Lipinski definition) is 3.